The predicted molar refractivity (Wildman–Crippen MR) is 146 cm³/mol. The van der Waals surface area contributed by atoms with Gasteiger partial charge in [0.15, 0.2) is 4.80 Å². The molecule has 0 spiro atoms. The molecule has 2 aliphatic rings. The van der Waals surface area contributed by atoms with Gasteiger partial charge < -0.3 is 14.4 Å². The molecule has 1 amide bonds. The van der Waals surface area contributed by atoms with Gasteiger partial charge in [0.1, 0.15) is 10.3 Å². The number of hydrogen-bond donors (Lipinski definition) is 0. The molecule has 2 aliphatic heterocycles. The summed E-state index contributed by atoms with van der Waals surface area (Å²) in [6.45, 7) is 7.86. The van der Waals surface area contributed by atoms with E-state index in [9.17, 15) is 14.4 Å². The zero-order valence-electron chi connectivity index (χ0n) is 22.0. The minimum atomic E-state index is -0.767. The Labute approximate surface area is 224 Å². The van der Waals surface area contributed by atoms with Crippen LogP contribution in [0.4, 0.5) is 5.69 Å². The number of aromatic nitrogens is 1. The zero-order valence-corrected chi connectivity index (χ0v) is 22.8. The van der Waals surface area contributed by atoms with Gasteiger partial charge in [0.05, 0.1) is 41.8 Å². The number of carbonyl (C=O) groups is 2. The second kappa shape index (κ2) is 10.1. The Bertz CT molecular complexity index is 1650. The number of ether oxygens (including phenoxy) is 2. The van der Waals surface area contributed by atoms with Gasteiger partial charge in [-0.05, 0) is 51.0 Å². The Hall–Kier alpha value is -3.98. The fourth-order valence-corrected chi connectivity index (χ4v) is 6.09. The van der Waals surface area contributed by atoms with Crippen LogP contribution in [0.5, 0.6) is 5.75 Å². The molecule has 0 aliphatic carbocycles. The third-order valence-electron chi connectivity index (χ3n) is 6.59. The second-order valence-electron chi connectivity index (χ2n) is 9.48. The lowest BCUT2D eigenvalue weighted by molar-refractivity contribution is -0.143. The van der Waals surface area contributed by atoms with Crippen molar-refractivity contribution in [1.29, 1.82) is 0 Å². The third kappa shape index (κ3) is 4.16. The van der Waals surface area contributed by atoms with Crippen LogP contribution in [0, 0.1) is 0 Å². The molecule has 0 bridgehead atoms. The lowest BCUT2D eigenvalue weighted by Crippen LogP contribution is -2.41. The van der Waals surface area contributed by atoms with Gasteiger partial charge in [0, 0.05) is 12.1 Å². The molecule has 0 fully saturated rings. The van der Waals surface area contributed by atoms with E-state index in [2.05, 4.69) is 4.99 Å². The average Bonchev–Trinajstić information content (AvgIpc) is 3.35. The number of rotatable bonds is 6. The molecule has 0 unspecified atom stereocenters. The highest BCUT2D eigenvalue weighted by molar-refractivity contribution is 7.07. The maximum absolute atomic E-state index is 14.1. The summed E-state index contributed by atoms with van der Waals surface area (Å²) in [5, 5.41) is 0. The van der Waals surface area contributed by atoms with E-state index in [-0.39, 0.29) is 17.6 Å². The molecule has 3 heterocycles. The summed E-state index contributed by atoms with van der Waals surface area (Å²) in [6.07, 6.45) is 0.440. The summed E-state index contributed by atoms with van der Waals surface area (Å²) >= 11 is 1.17. The molecule has 1 atom stereocenters. The first-order valence-electron chi connectivity index (χ1n) is 12.6. The largest absolute Gasteiger partial charge is 0.497 e. The van der Waals surface area contributed by atoms with Crippen molar-refractivity contribution in [3.63, 3.8) is 0 Å². The Morgan fingerprint density at radius 3 is 2.47 bits per heavy atom. The normalized spacial score (nSPS) is 17.9. The lowest BCUT2D eigenvalue weighted by atomic mass is 9.95. The topological polar surface area (TPSA) is 90.2 Å². The molecule has 2 aromatic carbocycles. The van der Waals surface area contributed by atoms with Crippen LogP contribution >= 0.6 is 11.3 Å². The van der Waals surface area contributed by atoms with E-state index < -0.39 is 12.0 Å². The van der Waals surface area contributed by atoms with Gasteiger partial charge in [-0.25, -0.2) is 9.79 Å². The van der Waals surface area contributed by atoms with E-state index in [0.29, 0.717) is 44.0 Å². The number of fused-ring (bicyclic) bond motifs is 2. The van der Waals surface area contributed by atoms with Gasteiger partial charge in [0.2, 0.25) is 0 Å². The first kappa shape index (κ1) is 25.7. The number of anilines is 1. The Morgan fingerprint density at radius 1 is 1.11 bits per heavy atom. The van der Waals surface area contributed by atoms with Crippen LogP contribution in [0.25, 0.3) is 5.57 Å². The molecular formula is C29H29N3O5S. The van der Waals surface area contributed by atoms with Crippen molar-refractivity contribution >= 4 is 34.5 Å². The van der Waals surface area contributed by atoms with Crippen LogP contribution in [-0.4, -0.2) is 36.2 Å². The van der Waals surface area contributed by atoms with Gasteiger partial charge in [-0.1, -0.05) is 48.6 Å². The molecular weight excluding hydrogens is 502 g/mol. The summed E-state index contributed by atoms with van der Waals surface area (Å²) in [7, 11) is 1.58. The Balaban J connectivity index is 1.79. The highest BCUT2D eigenvalue weighted by atomic mass is 32.1. The number of methoxy groups -OCH3 is 1. The summed E-state index contributed by atoms with van der Waals surface area (Å²) in [4.78, 5) is 47.9. The molecule has 3 aromatic rings. The molecule has 1 aromatic heterocycles. The fraction of sp³-hybridized carbons (Fsp3) is 0.310. The highest BCUT2D eigenvalue weighted by Gasteiger charge is 2.37. The smallest absolute Gasteiger partial charge is 0.338 e. The summed E-state index contributed by atoms with van der Waals surface area (Å²) < 4.78 is 12.7. The number of hydrogen-bond acceptors (Lipinski definition) is 7. The van der Waals surface area contributed by atoms with Crippen molar-refractivity contribution in [3.8, 4) is 5.75 Å². The highest BCUT2D eigenvalue weighted by Crippen LogP contribution is 2.36. The van der Waals surface area contributed by atoms with Gasteiger partial charge in [0.25, 0.3) is 11.5 Å². The summed E-state index contributed by atoms with van der Waals surface area (Å²) in [6, 6.07) is 14.0. The molecule has 0 N–H and O–H groups in total. The van der Waals surface area contributed by atoms with E-state index >= 15 is 0 Å². The Morgan fingerprint density at radius 2 is 1.82 bits per heavy atom. The van der Waals surface area contributed by atoms with Crippen molar-refractivity contribution in [1.82, 2.24) is 4.57 Å². The standard InChI is InChI=1S/C29H29N3O5S/c1-6-15-31-21-10-8-7-9-20(21)23(26(31)33)25-27(34)32-24(18-11-13-19(36-5)14-12-18)22(28(35)37-16(2)3)17(4)30-29(32)38-25/h7-14,16,24H,6,15H2,1-5H3/b25-23-/t24-/m0/s1. The minimum absolute atomic E-state index is 0.200. The van der Waals surface area contributed by atoms with Crippen molar-refractivity contribution in [2.24, 2.45) is 4.99 Å². The number of nitrogens with zero attached hydrogens (tertiary/aromatic N) is 3. The van der Waals surface area contributed by atoms with E-state index in [0.717, 1.165) is 17.7 Å². The summed E-state index contributed by atoms with van der Waals surface area (Å²) in [5.41, 5.74) is 3.00. The minimum Gasteiger partial charge on any atom is -0.497 e. The third-order valence-corrected chi connectivity index (χ3v) is 7.64. The number of thiazole rings is 1. The van der Waals surface area contributed by atoms with E-state index in [4.69, 9.17) is 9.47 Å². The number of para-hydroxylation sites is 1. The van der Waals surface area contributed by atoms with Crippen molar-refractivity contribution < 1.29 is 19.1 Å². The number of amides is 1. The molecule has 0 radical (unpaired) electrons. The van der Waals surface area contributed by atoms with Crippen molar-refractivity contribution in [2.75, 3.05) is 18.6 Å². The van der Waals surface area contributed by atoms with E-state index in [1.54, 1.807) is 44.9 Å². The molecule has 9 heteroatoms. The lowest BCUT2D eigenvalue weighted by Gasteiger charge is -2.25. The second-order valence-corrected chi connectivity index (χ2v) is 10.5. The van der Waals surface area contributed by atoms with Crippen molar-refractivity contribution in [2.45, 2.75) is 46.3 Å². The molecule has 0 saturated heterocycles. The fourth-order valence-electron chi connectivity index (χ4n) is 4.96. The predicted octanol–water partition coefficient (Wildman–Crippen LogP) is 3.32. The van der Waals surface area contributed by atoms with E-state index in [1.165, 1.54) is 15.9 Å². The molecule has 0 saturated carbocycles. The SMILES string of the molecule is CCCN1C(=O)/C(=c2\sc3n(c2=O)[C@@H](c2ccc(OC)cc2)C(C(=O)OC(C)C)=C(C)N=3)c2ccccc21. The van der Waals surface area contributed by atoms with Gasteiger partial charge >= 0.3 is 5.97 Å². The maximum Gasteiger partial charge on any atom is 0.338 e. The van der Waals surface area contributed by atoms with Crippen molar-refractivity contribution in [3.05, 3.63) is 90.6 Å². The first-order valence-corrected chi connectivity index (χ1v) is 13.4. The number of benzene rings is 2. The number of carbonyl (C=O) groups excluding carboxylic acids is 2. The maximum atomic E-state index is 14.1. The summed E-state index contributed by atoms with van der Waals surface area (Å²) in [5.74, 6) is -0.0783. The number of esters is 1. The molecule has 5 rings (SSSR count). The molecule has 196 valence electrons. The van der Waals surface area contributed by atoms with Gasteiger partial charge in [-0.3, -0.25) is 14.2 Å². The van der Waals surface area contributed by atoms with Gasteiger partial charge in [-0.15, -0.1) is 0 Å². The van der Waals surface area contributed by atoms with E-state index in [1.807, 2.05) is 43.3 Å². The average molecular weight is 532 g/mol. The monoisotopic (exact) mass is 531 g/mol. The molecule has 38 heavy (non-hydrogen) atoms. The first-order chi connectivity index (χ1) is 18.3. The van der Waals surface area contributed by atoms with Crippen LogP contribution in [0.1, 0.15) is 51.3 Å². The molecule has 8 nitrogen and oxygen atoms in total. The van der Waals surface area contributed by atoms with Gasteiger partial charge in [-0.2, -0.15) is 0 Å². The van der Waals surface area contributed by atoms with Crippen LogP contribution in [0.3, 0.4) is 0 Å². The zero-order chi connectivity index (χ0) is 27.1. The van der Waals surface area contributed by atoms with Crippen LogP contribution in [-0.2, 0) is 14.3 Å². The van der Waals surface area contributed by atoms with Crippen LogP contribution < -0.4 is 24.5 Å². The quantitative estimate of drug-likeness (QED) is 0.455. The van der Waals surface area contributed by atoms with Crippen LogP contribution in [0.2, 0.25) is 0 Å². The Kier molecular flexibility index (Phi) is 6.79. The number of allylic oxidation sites excluding steroid dienone is 1. The van der Waals surface area contributed by atoms with Crippen LogP contribution in [0.15, 0.2) is 69.6 Å².